The quantitative estimate of drug-likeness (QED) is 0.460. The molecule has 0 spiro atoms. The van der Waals surface area contributed by atoms with Crippen LogP contribution in [0, 0.1) is 52.8 Å². The molecule has 0 unspecified atom stereocenters. The highest BCUT2D eigenvalue weighted by Crippen LogP contribution is 2.53. The fourth-order valence-electron chi connectivity index (χ4n) is 7.00. The Bertz CT molecular complexity index is 718. The minimum Gasteiger partial charge on any atom is -0.481 e. The number of hydrogen-bond acceptors (Lipinski definition) is 4. The maximum absolute atomic E-state index is 12.8. The van der Waals surface area contributed by atoms with Gasteiger partial charge >= 0.3 is 11.9 Å². The minimum atomic E-state index is -0.877. The second kappa shape index (κ2) is 8.10. The Balaban J connectivity index is 1.29. The second-order valence-electron chi connectivity index (χ2n) is 11.0. The van der Waals surface area contributed by atoms with Gasteiger partial charge in [-0.25, -0.2) is 0 Å². The van der Waals surface area contributed by atoms with E-state index in [2.05, 4.69) is 10.6 Å². The molecule has 8 heteroatoms. The third-order valence-electron chi connectivity index (χ3n) is 8.49. The number of carbonyl (C=O) groups is 4. The molecule has 8 nitrogen and oxygen atoms in total. The lowest BCUT2D eigenvalue weighted by molar-refractivity contribution is -0.149. The molecule has 4 saturated carbocycles. The van der Waals surface area contributed by atoms with E-state index < -0.39 is 41.0 Å². The summed E-state index contributed by atoms with van der Waals surface area (Å²) in [6.07, 6.45) is 5.26. The molecule has 0 aromatic heterocycles. The van der Waals surface area contributed by atoms with E-state index in [0.29, 0.717) is 13.1 Å². The number of rotatable bonds is 8. The van der Waals surface area contributed by atoms with Gasteiger partial charge in [0.15, 0.2) is 0 Å². The number of carboxylic acid groups (broad SMARTS) is 2. The zero-order valence-corrected chi connectivity index (χ0v) is 18.3. The normalized spacial score (nSPS) is 38.3. The van der Waals surface area contributed by atoms with Gasteiger partial charge in [0.2, 0.25) is 11.8 Å². The SMILES string of the molecule is CC(C)(CNC(=O)[C@@H]1[C@H]2CC[C@@H](C2)[C@@H]1C(=O)O)CNC(=O)[C@@H]1[C@H]2CC[C@@H](C2)[C@@H]1C(=O)O. The van der Waals surface area contributed by atoms with E-state index in [1.807, 2.05) is 13.8 Å². The summed E-state index contributed by atoms with van der Waals surface area (Å²) in [6, 6.07) is 0. The molecule has 172 valence electrons. The predicted octanol–water partition coefficient (Wildman–Crippen LogP) is 1.74. The summed E-state index contributed by atoms with van der Waals surface area (Å²) in [5.74, 6) is -3.74. The molecule has 8 atom stereocenters. The van der Waals surface area contributed by atoms with Gasteiger partial charge in [-0.1, -0.05) is 13.8 Å². The van der Waals surface area contributed by atoms with Crippen molar-refractivity contribution in [1.82, 2.24) is 10.6 Å². The van der Waals surface area contributed by atoms with Crippen LogP contribution in [0.1, 0.15) is 52.4 Å². The summed E-state index contributed by atoms with van der Waals surface area (Å²) in [7, 11) is 0. The van der Waals surface area contributed by atoms with Crippen molar-refractivity contribution in [2.75, 3.05) is 13.1 Å². The number of carboxylic acids is 2. The molecule has 0 radical (unpaired) electrons. The fourth-order valence-corrected chi connectivity index (χ4v) is 7.00. The molecule has 2 amide bonds. The van der Waals surface area contributed by atoms with Crippen LogP contribution in [0.25, 0.3) is 0 Å². The van der Waals surface area contributed by atoms with Gasteiger partial charge < -0.3 is 20.8 Å². The van der Waals surface area contributed by atoms with Crippen LogP contribution in [0.3, 0.4) is 0 Å². The van der Waals surface area contributed by atoms with Crippen molar-refractivity contribution in [2.24, 2.45) is 52.8 Å². The van der Waals surface area contributed by atoms with Gasteiger partial charge in [0.1, 0.15) is 0 Å². The molecule has 0 heterocycles. The van der Waals surface area contributed by atoms with Crippen molar-refractivity contribution in [3.63, 3.8) is 0 Å². The van der Waals surface area contributed by atoms with Crippen LogP contribution < -0.4 is 10.6 Å². The number of aliphatic carboxylic acids is 2. The Hall–Kier alpha value is -2.12. The average molecular weight is 435 g/mol. The fraction of sp³-hybridized carbons (Fsp3) is 0.826. The first-order chi connectivity index (χ1) is 14.6. The lowest BCUT2D eigenvalue weighted by Crippen LogP contribution is -2.48. The molecule has 4 fully saturated rings. The van der Waals surface area contributed by atoms with E-state index >= 15 is 0 Å². The molecule has 4 aliphatic rings. The van der Waals surface area contributed by atoms with Gasteiger partial charge in [-0.3, -0.25) is 19.2 Å². The van der Waals surface area contributed by atoms with E-state index in [0.717, 1.165) is 38.5 Å². The van der Waals surface area contributed by atoms with E-state index in [1.54, 1.807) is 0 Å². The van der Waals surface area contributed by atoms with Crippen molar-refractivity contribution in [3.8, 4) is 0 Å². The summed E-state index contributed by atoms with van der Waals surface area (Å²) in [5.41, 5.74) is -0.433. The number of hydrogen-bond donors (Lipinski definition) is 4. The molecule has 4 N–H and O–H groups in total. The minimum absolute atomic E-state index is 0.106. The van der Waals surface area contributed by atoms with Gasteiger partial charge in [-0.15, -0.1) is 0 Å². The van der Waals surface area contributed by atoms with Crippen molar-refractivity contribution >= 4 is 23.8 Å². The largest absolute Gasteiger partial charge is 0.481 e. The van der Waals surface area contributed by atoms with E-state index in [9.17, 15) is 29.4 Å². The molecule has 4 bridgehead atoms. The Labute approximate surface area is 182 Å². The first kappa shape index (κ1) is 22.1. The monoisotopic (exact) mass is 434 g/mol. The molecule has 4 aliphatic carbocycles. The zero-order chi connectivity index (χ0) is 22.5. The number of fused-ring (bicyclic) bond motifs is 4. The van der Waals surface area contributed by atoms with Crippen LogP contribution in [0.15, 0.2) is 0 Å². The maximum atomic E-state index is 12.8. The van der Waals surface area contributed by atoms with Crippen molar-refractivity contribution < 1.29 is 29.4 Å². The van der Waals surface area contributed by atoms with E-state index in [-0.39, 0.29) is 35.5 Å². The Morgan fingerprint density at radius 1 is 0.677 bits per heavy atom. The maximum Gasteiger partial charge on any atom is 0.307 e. The summed E-state index contributed by atoms with van der Waals surface area (Å²) >= 11 is 0. The summed E-state index contributed by atoms with van der Waals surface area (Å²) in [6.45, 7) is 4.51. The molecule has 0 aliphatic heterocycles. The van der Waals surface area contributed by atoms with Crippen LogP contribution in [0.5, 0.6) is 0 Å². The number of nitrogens with one attached hydrogen (secondary N) is 2. The third kappa shape index (κ3) is 4.05. The lowest BCUT2D eigenvalue weighted by atomic mass is 9.78. The highest BCUT2D eigenvalue weighted by atomic mass is 16.4. The number of amides is 2. The van der Waals surface area contributed by atoms with Gasteiger partial charge in [-0.05, 0) is 67.6 Å². The van der Waals surface area contributed by atoms with Gasteiger partial charge in [-0.2, -0.15) is 0 Å². The highest BCUT2D eigenvalue weighted by molar-refractivity contribution is 5.87. The van der Waals surface area contributed by atoms with Crippen molar-refractivity contribution in [2.45, 2.75) is 52.4 Å². The molecule has 0 aromatic rings. The molecule has 0 saturated heterocycles. The van der Waals surface area contributed by atoms with E-state index in [4.69, 9.17) is 0 Å². The van der Waals surface area contributed by atoms with Crippen LogP contribution in [0.4, 0.5) is 0 Å². The topological polar surface area (TPSA) is 133 Å². The molecular formula is C23H34N2O6. The Kier molecular flexibility index (Phi) is 5.77. The predicted molar refractivity (Wildman–Crippen MR) is 111 cm³/mol. The number of carbonyl (C=O) groups excluding carboxylic acids is 2. The summed E-state index contributed by atoms with van der Waals surface area (Å²) in [4.78, 5) is 49.0. The van der Waals surface area contributed by atoms with Gasteiger partial charge in [0, 0.05) is 13.1 Å². The Morgan fingerprint density at radius 2 is 1.00 bits per heavy atom. The van der Waals surface area contributed by atoms with Gasteiger partial charge in [0.05, 0.1) is 23.7 Å². The standard InChI is InChI=1S/C23H34N2O6/c1-23(2,9-24-19(26)15-11-3-5-13(7-11)17(15)21(28)29)10-25-20(27)16-12-4-6-14(8-12)18(16)22(30)31/h11-18H,3-10H2,1-2H3,(H,24,26)(H,25,27)(H,28,29)(H,30,31)/t11-,12-,13-,14-,15+,16+,17-,18-/m0/s1. The van der Waals surface area contributed by atoms with Crippen LogP contribution >= 0.6 is 0 Å². The first-order valence-corrected chi connectivity index (χ1v) is 11.6. The van der Waals surface area contributed by atoms with Gasteiger partial charge in [0.25, 0.3) is 0 Å². The summed E-state index contributed by atoms with van der Waals surface area (Å²) in [5, 5.41) is 25.0. The second-order valence-corrected chi connectivity index (χ2v) is 11.0. The van der Waals surface area contributed by atoms with Crippen molar-refractivity contribution in [1.29, 1.82) is 0 Å². The van der Waals surface area contributed by atoms with E-state index in [1.165, 1.54) is 0 Å². The van der Waals surface area contributed by atoms with Crippen LogP contribution in [-0.2, 0) is 19.2 Å². The zero-order valence-electron chi connectivity index (χ0n) is 18.3. The average Bonchev–Trinajstić information content (AvgIpc) is 3.49. The third-order valence-corrected chi connectivity index (χ3v) is 8.49. The first-order valence-electron chi connectivity index (χ1n) is 11.6. The smallest absolute Gasteiger partial charge is 0.307 e. The highest BCUT2D eigenvalue weighted by Gasteiger charge is 2.55. The Morgan fingerprint density at radius 3 is 1.32 bits per heavy atom. The summed E-state index contributed by atoms with van der Waals surface area (Å²) < 4.78 is 0. The van der Waals surface area contributed by atoms with Crippen LogP contribution in [0.2, 0.25) is 0 Å². The molecule has 4 rings (SSSR count). The molecular weight excluding hydrogens is 400 g/mol. The van der Waals surface area contributed by atoms with Crippen molar-refractivity contribution in [3.05, 3.63) is 0 Å². The van der Waals surface area contributed by atoms with Crippen LogP contribution in [-0.4, -0.2) is 47.1 Å². The lowest BCUT2D eigenvalue weighted by Gasteiger charge is -2.31. The molecule has 31 heavy (non-hydrogen) atoms. The molecule has 0 aromatic carbocycles.